The topological polar surface area (TPSA) is 58.6 Å². The van der Waals surface area contributed by atoms with E-state index in [9.17, 15) is 9.59 Å². The molecule has 0 unspecified atom stereocenters. The van der Waals surface area contributed by atoms with Crippen molar-refractivity contribution in [1.82, 2.24) is 10.2 Å². The molecule has 1 fully saturated rings. The Morgan fingerprint density at radius 3 is 2.48 bits per heavy atom. The third-order valence-electron chi connectivity index (χ3n) is 3.54. The van der Waals surface area contributed by atoms with E-state index in [4.69, 9.17) is 4.74 Å². The molecule has 5 nitrogen and oxygen atoms in total. The zero-order chi connectivity index (χ0) is 15.1. The number of nitrogens with zero attached hydrogens (tertiary/aromatic N) is 1. The van der Waals surface area contributed by atoms with Crippen LogP contribution in [0.2, 0.25) is 0 Å². The fourth-order valence-corrected chi connectivity index (χ4v) is 2.19. The molecule has 1 aromatic carbocycles. The predicted octanol–water partition coefficient (Wildman–Crippen LogP) is 1.25. The van der Waals surface area contributed by atoms with Crippen LogP contribution in [0, 0.1) is 6.92 Å². The number of hydrogen-bond acceptors (Lipinski definition) is 3. The van der Waals surface area contributed by atoms with Crippen LogP contribution in [0.3, 0.4) is 0 Å². The lowest BCUT2D eigenvalue weighted by atomic mass is 10.1. The molecule has 0 saturated carbocycles. The Bertz CT molecular complexity index is 479. The quantitative estimate of drug-likeness (QED) is 0.888. The van der Waals surface area contributed by atoms with Crippen LogP contribution >= 0.6 is 0 Å². The highest BCUT2D eigenvalue weighted by Gasteiger charge is 2.17. The van der Waals surface area contributed by atoms with Gasteiger partial charge in [0.05, 0.1) is 13.2 Å². The van der Waals surface area contributed by atoms with Gasteiger partial charge in [-0.05, 0) is 12.5 Å². The first-order valence-corrected chi connectivity index (χ1v) is 7.33. The Hall–Kier alpha value is -1.88. The van der Waals surface area contributed by atoms with Crippen molar-refractivity contribution in [2.24, 2.45) is 0 Å². The van der Waals surface area contributed by atoms with Gasteiger partial charge < -0.3 is 15.0 Å². The lowest BCUT2D eigenvalue weighted by Crippen LogP contribution is -2.41. The molecule has 1 aromatic rings. The van der Waals surface area contributed by atoms with Crippen LogP contribution in [0.1, 0.15) is 24.0 Å². The molecule has 5 heteroatoms. The molecular weight excluding hydrogens is 268 g/mol. The number of carbonyl (C=O) groups excluding carboxylic acids is 2. The van der Waals surface area contributed by atoms with Crippen molar-refractivity contribution in [1.29, 1.82) is 0 Å². The van der Waals surface area contributed by atoms with Gasteiger partial charge in [0.15, 0.2) is 0 Å². The monoisotopic (exact) mass is 290 g/mol. The van der Waals surface area contributed by atoms with E-state index in [0.29, 0.717) is 32.8 Å². The average Bonchev–Trinajstić information content (AvgIpc) is 2.53. The van der Waals surface area contributed by atoms with Gasteiger partial charge in [-0.1, -0.05) is 29.8 Å². The third kappa shape index (κ3) is 5.19. The maximum Gasteiger partial charge on any atom is 0.223 e. The van der Waals surface area contributed by atoms with Gasteiger partial charge >= 0.3 is 0 Å². The summed E-state index contributed by atoms with van der Waals surface area (Å²) in [5.41, 5.74) is 2.26. The van der Waals surface area contributed by atoms with Crippen LogP contribution in [-0.4, -0.2) is 43.0 Å². The van der Waals surface area contributed by atoms with Crippen LogP contribution in [0.15, 0.2) is 24.3 Å². The lowest BCUT2D eigenvalue weighted by molar-refractivity contribution is -0.137. The smallest absolute Gasteiger partial charge is 0.223 e. The highest BCUT2D eigenvalue weighted by molar-refractivity contribution is 5.83. The number of nitrogens with one attached hydrogen (secondary N) is 1. The second kappa shape index (κ2) is 7.78. The Kier molecular flexibility index (Phi) is 5.75. The number of hydrogen-bond donors (Lipinski definition) is 1. The summed E-state index contributed by atoms with van der Waals surface area (Å²) in [7, 11) is 0. The van der Waals surface area contributed by atoms with Crippen molar-refractivity contribution in [3.05, 3.63) is 35.4 Å². The Balaban J connectivity index is 1.67. The van der Waals surface area contributed by atoms with Crippen molar-refractivity contribution in [3.63, 3.8) is 0 Å². The number of amides is 2. The maximum absolute atomic E-state index is 11.9. The van der Waals surface area contributed by atoms with E-state index in [1.807, 2.05) is 31.2 Å². The zero-order valence-electron chi connectivity index (χ0n) is 12.4. The van der Waals surface area contributed by atoms with E-state index >= 15 is 0 Å². The molecule has 1 saturated heterocycles. The molecule has 1 aliphatic rings. The molecular formula is C16H22N2O3. The number of carbonyl (C=O) groups is 2. The summed E-state index contributed by atoms with van der Waals surface area (Å²) in [6, 6.07) is 8.02. The maximum atomic E-state index is 11.9. The van der Waals surface area contributed by atoms with Crippen LogP contribution in [-0.2, 0) is 20.9 Å². The van der Waals surface area contributed by atoms with Gasteiger partial charge in [0.2, 0.25) is 11.8 Å². The summed E-state index contributed by atoms with van der Waals surface area (Å²) >= 11 is 0. The van der Waals surface area contributed by atoms with Crippen LogP contribution in [0.5, 0.6) is 0 Å². The van der Waals surface area contributed by atoms with Crippen molar-refractivity contribution in [2.75, 3.05) is 26.3 Å². The van der Waals surface area contributed by atoms with E-state index in [1.54, 1.807) is 4.90 Å². The molecule has 1 aliphatic heterocycles. The highest BCUT2D eigenvalue weighted by atomic mass is 16.5. The first-order chi connectivity index (χ1) is 10.1. The van der Waals surface area contributed by atoms with Gasteiger partial charge in [0, 0.05) is 32.5 Å². The SMILES string of the molecule is Cc1ccc(CNC(=O)CCC(=O)N2CCOCC2)cc1. The van der Waals surface area contributed by atoms with Gasteiger partial charge in [-0.2, -0.15) is 0 Å². The molecule has 0 radical (unpaired) electrons. The summed E-state index contributed by atoms with van der Waals surface area (Å²) in [5.74, 6) is -0.0547. The molecule has 1 N–H and O–H groups in total. The Morgan fingerprint density at radius 2 is 1.81 bits per heavy atom. The standard InChI is InChI=1S/C16H22N2O3/c1-13-2-4-14(5-3-13)12-17-15(19)6-7-16(20)18-8-10-21-11-9-18/h2-5H,6-12H2,1H3,(H,17,19). The van der Waals surface area contributed by atoms with E-state index in [2.05, 4.69) is 5.32 Å². The highest BCUT2D eigenvalue weighted by Crippen LogP contribution is 2.04. The molecule has 0 aliphatic carbocycles. The summed E-state index contributed by atoms with van der Waals surface area (Å²) in [5, 5.41) is 2.84. The predicted molar refractivity (Wildman–Crippen MR) is 79.7 cm³/mol. The summed E-state index contributed by atoms with van der Waals surface area (Å²) in [4.78, 5) is 25.4. The first-order valence-electron chi connectivity index (χ1n) is 7.33. The molecule has 0 spiro atoms. The zero-order valence-corrected chi connectivity index (χ0v) is 12.4. The van der Waals surface area contributed by atoms with Crippen molar-refractivity contribution in [3.8, 4) is 0 Å². The minimum atomic E-state index is -0.0859. The number of rotatable bonds is 5. The molecule has 1 heterocycles. The molecule has 0 bridgehead atoms. The summed E-state index contributed by atoms with van der Waals surface area (Å²) < 4.78 is 5.20. The van der Waals surface area contributed by atoms with E-state index in [-0.39, 0.29) is 24.7 Å². The van der Waals surface area contributed by atoms with Gasteiger partial charge in [-0.15, -0.1) is 0 Å². The largest absolute Gasteiger partial charge is 0.378 e. The fraction of sp³-hybridized carbons (Fsp3) is 0.500. The minimum absolute atomic E-state index is 0.0313. The van der Waals surface area contributed by atoms with E-state index in [1.165, 1.54) is 5.56 Å². The van der Waals surface area contributed by atoms with Crippen LogP contribution < -0.4 is 5.32 Å². The summed E-state index contributed by atoms with van der Waals surface area (Å²) in [6.07, 6.45) is 0.502. The normalized spacial score (nSPS) is 14.8. The Morgan fingerprint density at radius 1 is 1.14 bits per heavy atom. The number of benzene rings is 1. The van der Waals surface area contributed by atoms with E-state index in [0.717, 1.165) is 5.56 Å². The minimum Gasteiger partial charge on any atom is -0.378 e. The van der Waals surface area contributed by atoms with Gasteiger partial charge in [-0.3, -0.25) is 9.59 Å². The van der Waals surface area contributed by atoms with Crippen LogP contribution in [0.25, 0.3) is 0 Å². The number of aryl methyl sites for hydroxylation is 1. The van der Waals surface area contributed by atoms with Gasteiger partial charge in [-0.25, -0.2) is 0 Å². The fourth-order valence-electron chi connectivity index (χ4n) is 2.19. The molecule has 0 atom stereocenters. The molecule has 21 heavy (non-hydrogen) atoms. The molecule has 0 aromatic heterocycles. The lowest BCUT2D eigenvalue weighted by Gasteiger charge is -2.26. The second-order valence-corrected chi connectivity index (χ2v) is 5.26. The van der Waals surface area contributed by atoms with Gasteiger partial charge in [0.1, 0.15) is 0 Å². The van der Waals surface area contributed by atoms with Gasteiger partial charge in [0.25, 0.3) is 0 Å². The first kappa shape index (κ1) is 15.5. The van der Waals surface area contributed by atoms with Crippen molar-refractivity contribution in [2.45, 2.75) is 26.3 Å². The third-order valence-corrected chi connectivity index (χ3v) is 3.54. The van der Waals surface area contributed by atoms with E-state index < -0.39 is 0 Å². The van der Waals surface area contributed by atoms with Crippen molar-refractivity contribution >= 4 is 11.8 Å². The number of ether oxygens (including phenoxy) is 1. The second-order valence-electron chi connectivity index (χ2n) is 5.26. The van der Waals surface area contributed by atoms with Crippen LogP contribution in [0.4, 0.5) is 0 Å². The summed E-state index contributed by atoms with van der Waals surface area (Å²) in [6.45, 7) is 4.97. The molecule has 2 amide bonds. The molecule has 114 valence electrons. The van der Waals surface area contributed by atoms with Crippen molar-refractivity contribution < 1.29 is 14.3 Å². The number of morpholine rings is 1. The average molecular weight is 290 g/mol. The Labute approximate surface area is 125 Å². The molecule has 2 rings (SSSR count).